The molecule has 0 aliphatic carbocycles. The largest absolute Gasteiger partial charge is 0.472 e. The summed E-state index contributed by atoms with van der Waals surface area (Å²) in [6, 6.07) is 0. The Morgan fingerprint density at radius 1 is 0.800 bits per heavy atom. The van der Waals surface area contributed by atoms with Crippen LogP contribution >= 0.6 is 0 Å². The molecule has 2 heterocycles. The average molecular weight is 929 g/mol. The van der Waals surface area contributed by atoms with E-state index in [2.05, 4.69) is 81.7 Å². The fraction of sp³-hybridized carbons (Fsp3) is 0.875. The van der Waals surface area contributed by atoms with Crippen LogP contribution in [0.2, 0.25) is 0 Å². The molecule has 2 aliphatic heterocycles. The molecule has 2 rings (SSSR count). The van der Waals surface area contributed by atoms with Crippen LogP contribution < -0.4 is 0 Å². The van der Waals surface area contributed by atoms with Crippen molar-refractivity contribution in [3.63, 3.8) is 0 Å². The number of hydrogen-bond donors (Lipinski definition) is 2. The normalized spacial score (nSPS) is 27.3. The molecule has 1 unspecified atom stereocenters. The molecule has 1 saturated heterocycles. The molecule has 0 saturated carbocycles. The standard InChI is InChI=1S/C12H24NO.C12H22NO.2Rf/c2*1-10(2,3)9-8-11(4,5)13(14)12(9,6)7;;/h8-9,14H,1-7H3;14H,1-7H3;;/q2*-1;;. The summed E-state index contributed by atoms with van der Waals surface area (Å²) >= 11 is 0. The molecule has 0 radical (unpaired) electrons. The van der Waals surface area contributed by atoms with Crippen LogP contribution in [0.15, 0.2) is 5.57 Å². The van der Waals surface area contributed by atoms with Gasteiger partial charge in [0.05, 0.1) is 0 Å². The zero-order valence-corrected chi connectivity index (χ0v) is 35.2. The van der Waals surface area contributed by atoms with Gasteiger partial charge in [-0.3, -0.25) is 0 Å². The molecule has 0 aromatic rings. The first-order valence-corrected chi connectivity index (χ1v) is 10.5. The van der Waals surface area contributed by atoms with Crippen LogP contribution in [0.4, 0.5) is 0 Å². The van der Waals surface area contributed by atoms with Crippen LogP contribution in [0.1, 0.15) is 96.9 Å². The van der Waals surface area contributed by atoms with Crippen molar-refractivity contribution in [2.75, 3.05) is 0 Å². The van der Waals surface area contributed by atoms with E-state index in [0.29, 0.717) is 5.92 Å². The van der Waals surface area contributed by atoms with Crippen molar-refractivity contribution in [2.45, 2.75) is 119 Å². The van der Waals surface area contributed by atoms with E-state index in [9.17, 15) is 10.4 Å². The average Bonchev–Trinajstić information content (AvgIpc) is 2.73. The minimum absolute atomic E-state index is 0. The van der Waals surface area contributed by atoms with E-state index in [4.69, 9.17) is 0 Å². The number of rotatable bonds is 0. The van der Waals surface area contributed by atoms with Crippen LogP contribution in [-0.4, -0.2) is 42.7 Å². The molecule has 30 heavy (non-hydrogen) atoms. The van der Waals surface area contributed by atoms with Gasteiger partial charge in [-0.05, 0) is 33.1 Å². The van der Waals surface area contributed by atoms with Gasteiger partial charge in [0.1, 0.15) is 0 Å². The van der Waals surface area contributed by atoms with Gasteiger partial charge in [0.25, 0.3) is 0 Å². The Labute approximate surface area is 174 Å². The maximum Gasteiger partial charge on any atom is 0.0280 e. The number of hydroxylamine groups is 4. The van der Waals surface area contributed by atoms with Crippen molar-refractivity contribution in [2.24, 2.45) is 16.7 Å². The third kappa shape index (κ3) is 5.00. The summed E-state index contributed by atoms with van der Waals surface area (Å²) in [6.07, 6.45) is 5.67. The van der Waals surface area contributed by atoms with E-state index in [1.807, 2.05) is 27.7 Å². The van der Waals surface area contributed by atoms with E-state index in [0.717, 1.165) is 0 Å². The fourth-order valence-corrected chi connectivity index (χ4v) is 5.29. The summed E-state index contributed by atoms with van der Waals surface area (Å²) in [7, 11) is 0. The third-order valence-electron chi connectivity index (χ3n) is 6.21. The molecule has 0 aromatic carbocycles. The Balaban J connectivity index is 0. The molecular formula is C24H46N2O2Rf2-2. The van der Waals surface area contributed by atoms with Gasteiger partial charge in [-0.15, -0.1) is 5.92 Å². The van der Waals surface area contributed by atoms with Crippen molar-refractivity contribution in [1.82, 2.24) is 10.1 Å². The van der Waals surface area contributed by atoms with E-state index in [-0.39, 0.29) is 33.0 Å². The van der Waals surface area contributed by atoms with Crippen molar-refractivity contribution in [1.29, 1.82) is 0 Å². The van der Waals surface area contributed by atoms with E-state index >= 15 is 0 Å². The quantitative estimate of drug-likeness (QED) is 0.287. The molecule has 170 valence electrons. The topological polar surface area (TPSA) is 46.9 Å². The minimum atomic E-state index is -0.383. The Morgan fingerprint density at radius 3 is 1.33 bits per heavy atom. The summed E-state index contributed by atoms with van der Waals surface area (Å²) in [5, 5.41) is 23.1. The molecule has 2 N–H and O–H groups in total. The molecule has 6 heteroatoms. The van der Waals surface area contributed by atoms with Crippen LogP contribution in [-0.2, 0) is 0 Å². The zero-order chi connectivity index (χ0) is 22.7. The monoisotopic (exact) mass is 929 g/mol. The van der Waals surface area contributed by atoms with Gasteiger partial charge in [-0.1, -0.05) is 85.7 Å². The van der Waals surface area contributed by atoms with Crippen LogP contribution in [0.3, 0.4) is 0 Å². The van der Waals surface area contributed by atoms with Gasteiger partial charge in [-0.25, -0.2) is 15.7 Å². The van der Waals surface area contributed by atoms with Crippen molar-refractivity contribution < 1.29 is 10.4 Å². The summed E-state index contributed by atoms with van der Waals surface area (Å²) in [4.78, 5) is 0. The summed E-state index contributed by atoms with van der Waals surface area (Å²) in [5.41, 5.74) is 0.325. The van der Waals surface area contributed by atoms with Crippen molar-refractivity contribution in [3.05, 3.63) is 18.1 Å². The van der Waals surface area contributed by atoms with Gasteiger partial charge < -0.3 is 22.9 Å². The number of hydrogen-bond acceptors (Lipinski definition) is 4. The first-order valence-electron chi connectivity index (χ1n) is 10.5. The fourth-order valence-electron chi connectivity index (χ4n) is 5.29. The van der Waals surface area contributed by atoms with Crippen molar-refractivity contribution >= 4 is 0 Å². The van der Waals surface area contributed by atoms with Gasteiger partial charge >= 0.3 is 0 Å². The maximum absolute atomic E-state index is 10.1. The smallest absolute Gasteiger partial charge is 0.0280 e. The predicted molar refractivity (Wildman–Crippen MR) is 117 cm³/mol. The second-order valence-electron chi connectivity index (χ2n) is 12.8. The molecule has 0 bridgehead atoms. The van der Waals surface area contributed by atoms with E-state index < -0.39 is 0 Å². The zero-order valence-electron chi connectivity index (χ0n) is 22.4. The van der Waals surface area contributed by atoms with Gasteiger partial charge in [-0.2, -0.15) is 0 Å². The van der Waals surface area contributed by atoms with Crippen molar-refractivity contribution in [3.8, 4) is 0 Å². The van der Waals surface area contributed by atoms with Crippen LogP contribution in [0.25, 0.3) is 0 Å². The Hall–Kier alpha value is -2.42. The minimum Gasteiger partial charge on any atom is -0.472 e. The van der Waals surface area contributed by atoms with Crippen LogP contribution in [0.5, 0.6) is 0 Å². The molecule has 2 aliphatic rings. The van der Waals surface area contributed by atoms with Gasteiger partial charge in [0.15, 0.2) is 0 Å². The summed E-state index contributed by atoms with van der Waals surface area (Å²) < 4.78 is 0. The molecule has 0 aromatic heterocycles. The molecule has 0 amide bonds. The van der Waals surface area contributed by atoms with E-state index in [1.54, 1.807) is 0 Å². The molecule has 0 spiro atoms. The molecule has 1 fully saturated rings. The third-order valence-corrected chi connectivity index (χ3v) is 6.21. The second-order valence-corrected chi connectivity index (χ2v) is 12.8. The van der Waals surface area contributed by atoms with E-state index in [1.165, 1.54) is 15.7 Å². The number of nitrogens with zero attached hydrogens (tertiary/aromatic N) is 2. The molecular weight excluding hydrogens is 882 g/mol. The Kier molecular flexibility index (Phi) is 7.63. The molecule has 4 nitrogen and oxygen atoms in total. The summed E-state index contributed by atoms with van der Waals surface area (Å²) in [5.74, 6) is 0.398. The van der Waals surface area contributed by atoms with Crippen LogP contribution in [0, 0.1) is 29.2 Å². The predicted octanol–water partition coefficient (Wildman–Crippen LogP) is 6.14. The van der Waals surface area contributed by atoms with Gasteiger partial charge in [0, 0.05) is 11.1 Å². The second kappa shape index (κ2) is 7.68. The Bertz CT molecular complexity index is 612. The van der Waals surface area contributed by atoms with Gasteiger partial charge in [0.2, 0.25) is 0 Å². The maximum atomic E-state index is 10.1. The SMILES string of the molecule is CC(C)(C)C1=[C-]C(C)(C)N(O)C1(C)C.CC(C)(C)C1[CH-]C(C)(C)N(O)C1(C)C.[Rf].[Rf]. The first kappa shape index (κ1) is 29.8. The first-order chi connectivity index (χ1) is 12.0. The Morgan fingerprint density at radius 2 is 1.20 bits per heavy atom. The summed E-state index contributed by atoms with van der Waals surface area (Å²) in [6.45, 7) is 29.5. The molecule has 1 atom stereocenters.